The number of nitrogens with one attached hydrogen (secondary N) is 1. The van der Waals surface area contributed by atoms with E-state index < -0.39 is 6.10 Å². The second-order valence-electron chi connectivity index (χ2n) is 5.04. The van der Waals surface area contributed by atoms with Gasteiger partial charge in [-0.3, -0.25) is 4.79 Å². The summed E-state index contributed by atoms with van der Waals surface area (Å²) < 4.78 is 11.0. The fraction of sp³-hybridized carbons (Fsp3) is 0.533. The van der Waals surface area contributed by atoms with Gasteiger partial charge >= 0.3 is 0 Å². The van der Waals surface area contributed by atoms with E-state index in [0.717, 1.165) is 12.8 Å². The van der Waals surface area contributed by atoms with Crippen molar-refractivity contribution < 1.29 is 14.3 Å². The molecule has 0 saturated carbocycles. The lowest BCUT2D eigenvalue weighted by Crippen LogP contribution is -2.29. The molecule has 1 fully saturated rings. The highest BCUT2D eigenvalue weighted by Gasteiger charge is 2.29. The summed E-state index contributed by atoms with van der Waals surface area (Å²) in [4.78, 5) is 12.1. The summed E-state index contributed by atoms with van der Waals surface area (Å²) in [5.41, 5.74) is 6.17. The molecule has 2 atom stereocenters. The minimum Gasteiger partial charge on any atom is -0.492 e. The van der Waals surface area contributed by atoms with Crippen LogP contribution >= 0.6 is 11.6 Å². The van der Waals surface area contributed by atoms with Crippen molar-refractivity contribution >= 4 is 23.2 Å². The van der Waals surface area contributed by atoms with E-state index in [4.69, 9.17) is 26.8 Å². The molecule has 1 aromatic carbocycles. The molecule has 0 radical (unpaired) electrons. The molecule has 0 aromatic heterocycles. The zero-order valence-electron chi connectivity index (χ0n) is 12.1. The number of hydrogen-bond acceptors (Lipinski definition) is 4. The summed E-state index contributed by atoms with van der Waals surface area (Å²) in [5, 5.41) is 3.29. The molecule has 5 nitrogen and oxygen atoms in total. The van der Waals surface area contributed by atoms with Gasteiger partial charge in [-0.2, -0.15) is 0 Å². The Morgan fingerprint density at radius 2 is 2.33 bits per heavy atom. The van der Waals surface area contributed by atoms with E-state index in [-0.39, 0.29) is 12.0 Å². The van der Waals surface area contributed by atoms with E-state index in [2.05, 4.69) is 5.32 Å². The minimum atomic E-state index is -0.437. The first-order valence-electron chi connectivity index (χ1n) is 7.22. The summed E-state index contributed by atoms with van der Waals surface area (Å²) in [6, 6.07) is 5.20. The van der Waals surface area contributed by atoms with Crippen molar-refractivity contribution in [2.45, 2.75) is 38.4 Å². The fourth-order valence-corrected chi connectivity index (χ4v) is 2.44. The van der Waals surface area contributed by atoms with Crippen LogP contribution in [-0.2, 0) is 9.53 Å². The third-order valence-electron chi connectivity index (χ3n) is 3.32. The number of rotatable bonds is 6. The zero-order valence-corrected chi connectivity index (χ0v) is 12.9. The fourth-order valence-electron chi connectivity index (χ4n) is 2.20. The molecule has 1 aliphatic rings. The van der Waals surface area contributed by atoms with E-state index in [1.54, 1.807) is 18.2 Å². The van der Waals surface area contributed by atoms with Crippen LogP contribution in [0.5, 0.6) is 5.75 Å². The first kappa shape index (κ1) is 16.1. The lowest BCUT2D eigenvalue weighted by molar-refractivity contribution is -0.126. The third-order valence-corrected chi connectivity index (χ3v) is 3.62. The number of nitrogens with two attached hydrogens (primary N) is 1. The summed E-state index contributed by atoms with van der Waals surface area (Å²) in [7, 11) is 0. The zero-order chi connectivity index (χ0) is 15.2. The predicted octanol–water partition coefficient (Wildman–Crippen LogP) is 2.57. The number of ether oxygens (including phenoxy) is 2. The van der Waals surface area contributed by atoms with E-state index in [9.17, 15) is 4.79 Å². The normalized spacial score (nSPS) is 21.3. The number of amides is 1. The Morgan fingerprint density at radius 3 is 2.95 bits per heavy atom. The number of carbonyl (C=O) groups is 1. The molecule has 6 heteroatoms. The molecule has 1 heterocycles. The SMILES string of the molecule is CCCOc1ccc(NC(=O)C2CCC(CN)O2)cc1Cl. The molecule has 1 amide bonds. The van der Waals surface area contributed by atoms with E-state index in [1.165, 1.54) is 0 Å². The lowest BCUT2D eigenvalue weighted by atomic mass is 10.2. The van der Waals surface area contributed by atoms with E-state index in [0.29, 0.717) is 36.0 Å². The van der Waals surface area contributed by atoms with Crippen LogP contribution in [0.4, 0.5) is 5.69 Å². The molecule has 3 N–H and O–H groups in total. The average molecular weight is 313 g/mol. The van der Waals surface area contributed by atoms with Crippen LogP contribution in [-0.4, -0.2) is 31.3 Å². The largest absolute Gasteiger partial charge is 0.492 e. The van der Waals surface area contributed by atoms with Gasteiger partial charge in [0.2, 0.25) is 0 Å². The molecule has 116 valence electrons. The van der Waals surface area contributed by atoms with Crippen LogP contribution < -0.4 is 15.8 Å². The van der Waals surface area contributed by atoms with Gasteiger partial charge in [0.05, 0.1) is 17.7 Å². The minimum absolute atomic E-state index is 0.0193. The quantitative estimate of drug-likeness (QED) is 0.846. The highest BCUT2D eigenvalue weighted by molar-refractivity contribution is 6.32. The van der Waals surface area contributed by atoms with Gasteiger partial charge in [0.1, 0.15) is 11.9 Å². The number of benzene rings is 1. The second kappa shape index (κ2) is 7.64. The van der Waals surface area contributed by atoms with Crippen LogP contribution in [0.3, 0.4) is 0 Å². The molecule has 0 aliphatic carbocycles. The standard InChI is InChI=1S/C15H21ClN2O3/c1-2-7-20-13-5-3-10(8-12(13)16)18-15(19)14-6-4-11(9-17)21-14/h3,5,8,11,14H,2,4,6-7,9,17H2,1H3,(H,18,19). The summed E-state index contributed by atoms with van der Waals surface area (Å²) >= 11 is 6.13. The van der Waals surface area contributed by atoms with Crippen molar-refractivity contribution in [3.05, 3.63) is 23.2 Å². The first-order chi connectivity index (χ1) is 10.1. The Bertz CT molecular complexity index is 496. The molecule has 2 unspecified atom stereocenters. The highest BCUT2D eigenvalue weighted by atomic mass is 35.5. The van der Waals surface area contributed by atoms with Crippen molar-refractivity contribution in [2.75, 3.05) is 18.5 Å². The van der Waals surface area contributed by atoms with Crippen LogP contribution in [0.25, 0.3) is 0 Å². The van der Waals surface area contributed by atoms with Gasteiger partial charge < -0.3 is 20.5 Å². The van der Waals surface area contributed by atoms with Gasteiger partial charge in [-0.25, -0.2) is 0 Å². The second-order valence-corrected chi connectivity index (χ2v) is 5.45. The molecule has 1 aromatic rings. The van der Waals surface area contributed by atoms with Crippen LogP contribution in [0, 0.1) is 0 Å². The monoisotopic (exact) mass is 312 g/mol. The molecule has 0 spiro atoms. The smallest absolute Gasteiger partial charge is 0.253 e. The first-order valence-corrected chi connectivity index (χ1v) is 7.60. The number of carbonyl (C=O) groups excluding carboxylic acids is 1. The maximum atomic E-state index is 12.1. The van der Waals surface area contributed by atoms with Crippen molar-refractivity contribution in [1.29, 1.82) is 0 Å². The molecule has 2 rings (SSSR count). The van der Waals surface area contributed by atoms with Crippen molar-refractivity contribution in [1.82, 2.24) is 0 Å². The third kappa shape index (κ3) is 4.33. The van der Waals surface area contributed by atoms with Gasteiger partial charge in [-0.05, 0) is 37.5 Å². The molecular weight excluding hydrogens is 292 g/mol. The van der Waals surface area contributed by atoms with Crippen molar-refractivity contribution in [3.63, 3.8) is 0 Å². The van der Waals surface area contributed by atoms with E-state index >= 15 is 0 Å². The summed E-state index contributed by atoms with van der Waals surface area (Å²) in [6.07, 6.45) is 1.97. The van der Waals surface area contributed by atoms with Gasteiger partial charge in [0.25, 0.3) is 5.91 Å². The average Bonchev–Trinajstić information content (AvgIpc) is 2.95. The maximum absolute atomic E-state index is 12.1. The lowest BCUT2D eigenvalue weighted by Gasteiger charge is -2.14. The molecular formula is C15H21ClN2O3. The van der Waals surface area contributed by atoms with Crippen molar-refractivity contribution in [2.24, 2.45) is 5.73 Å². The Labute approximate surface area is 129 Å². The van der Waals surface area contributed by atoms with Crippen LogP contribution in [0.2, 0.25) is 5.02 Å². The Morgan fingerprint density at radius 1 is 1.52 bits per heavy atom. The van der Waals surface area contributed by atoms with Gasteiger partial charge in [-0.1, -0.05) is 18.5 Å². The van der Waals surface area contributed by atoms with Crippen LogP contribution in [0.15, 0.2) is 18.2 Å². The molecule has 0 bridgehead atoms. The molecule has 1 aliphatic heterocycles. The molecule has 21 heavy (non-hydrogen) atoms. The summed E-state index contributed by atoms with van der Waals surface area (Å²) in [5.74, 6) is 0.459. The van der Waals surface area contributed by atoms with Crippen molar-refractivity contribution in [3.8, 4) is 5.75 Å². The number of anilines is 1. The topological polar surface area (TPSA) is 73.6 Å². The Hall–Kier alpha value is -1.30. The van der Waals surface area contributed by atoms with Gasteiger partial charge in [-0.15, -0.1) is 0 Å². The predicted molar refractivity (Wildman–Crippen MR) is 82.8 cm³/mol. The van der Waals surface area contributed by atoms with Gasteiger partial charge in [0, 0.05) is 12.2 Å². The number of hydrogen-bond donors (Lipinski definition) is 2. The number of halogens is 1. The van der Waals surface area contributed by atoms with E-state index in [1.807, 2.05) is 6.92 Å². The Kier molecular flexibility index (Phi) is 5.85. The van der Waals surface area contributed by atoms with Crippen LogP contribution in [0.1, 0.15) is 26.2 Å². The molecule has 1 saturated heterocycles. The maximum Gasteiger partial charge on any atom is 0.253 e. The summed E-state index contributed by atoms with van der Waals surface area (Å²) in [6.45, 7) is 3.08. The highest BCUT2D eigenvalue weighted by Crippen LogP contribution is 2.28. The van der Waals surface area contributed by atoms with Gasteiger partial charge in [0.15, 0.2) is 0 Å². The Balaban J connectivity index is 1.93.